The van der Waals surface area contributed by atoms with Crippen molar-refractivity contribution >= 4 is 11.0 Å². The molecule has 8 heavy (non-hydrogen) atoms. The molecule has 0 N–H and O–H groups in total. The van der Waals surface area contributed by atoms with Gasteiger partial charge in [0.1, 0.15) is 6.61 Å². The second-order valence-corrected chi connectivity index (χ2v) is 2.37. The van der Waals surface area contributed by atoms with Crippen molar-refractivity contribution in [3.63, 3.8) is 0 Å². The summed E-state index contributed by atoms with van der Waals surface area (Å²) in [7, 11) is -2.69. The lowest BCUT2D eigenvalue weighted by molar-refractivity contribution is 0.366. The molecular formula is C4H9O3S. The van der Waals surface area contributed by atoms with Gasteiger partial charge in [0, 0.05) is 0 Å². The summed E-state index contributed by atoms with van der Waals surface area (Å²) in [6, 6.07) is 0. The van der Waals surface area contributed by atoms with Gasteiger partial charge in [-0.25, -0.2) is 8.42 Å². The zero-order valence-electron chi connectivity index (χ0n) is 4.83. The van der Waals surface area contributed by atoms with E-state index in [1.54, 1.807) is 0 Å². The summed E-state index contributed by atoms with van der Waals surface area (Å²) < 4.78 is 23.5. The molecule has 0 aliphatic heterocycles. The fourth-order valence-corrected chi connectivity index (χ4v) is 0.514. The van der Waals surface area contributed by atoms with Gasteiger partial charge in [0.25, 0.3) is 11.0 Å². The predicted octanol–water partition coefficient (Wildman–Crippen LogP) is 0.347. The average molecular weight is 137 g/mol. The van der Waals surface area contributed by atoms with E-state index >= 15 is 0 Å². The van der Waals surface area contributed by atoms with E-state index in [9.17, 15) is 8.42 Å². The molecular weight excluding hydrogens is 128 g/mol. The van der Waals surface area contributed by atoms with Crippen molar-refractivity contribution in [2.24, 2.45) is 5.92 Å². The fraction of sp³-hybridized carbons (Fsp3) is 0.750. The van der Waals surface area contributed by atoms with E-state index in [0.717, 1.165) is 0 Å². The van der Waals surface area contributed by atoms with E-state index < -0.39 is 11.0 Å². The molecule has 3 nitrogen and oxygen atoms in total. The predicted molar refractivity (Wildman–Crippen MR) is 30.5 cm³/mol. The van der Waals surface area contributed by atoms with Crippen LogP contribution >= 0.6 is 0 Å². The van der Waals surface area contributed by atoms with Crippen LogP contribution < -0.4 is 0 Å². The first-order valence-electron chi connectivity index (χ1n) is 2.27. The maximum atomic E-state index is 9.69. The fourth-order valence-electron chi connectivity index (χ4n) is 0.171. The monoisotopic (exact) mass is 137 g/mol. The Morgan fingerprint density at radius 2 is 2.00 bits per heavy atom. The van der Waals surface area contributed by atoms with Crippen LogP contribution in [0.15, 0.2) is 0 Å². The van der Waals surface area contributed by atoms with Crippen LogP contribution in [0.5, 0.6) is 0 Å². The largest absolute Gasteiger partial charge is 0.266 e. The summed E-state index contributed by atoms with van der Waals surface area (Å²) in [6.07, 6.45) is 0. The van der Waals surface area contributed by atoms with Gasteiger partial charge in [0.2, 0.25) is 0 Å². The molecule has 0 fully saturated rings. The van der Waals surface area contributed by atoms with Crippen LogP contribution in [0.1, 0.15) is 13.8 Å². The minimum Gasteiger partial charge on any atom is -0.266 e. The van der Waals surface area contributed by atoms with Crippen molar-refractivity contribution in [2.75, 3.05) is 0 Å². The van der Waals surface area contributed by atoms with Crippen molar-refractivity contribution < 1.29 is 12.6 Å². The van der Waals surface area contributed by atoms with Gasteiger partial charge in [-0.1, -0.05) is 13.8 Å². The molecule has 0 atom stereocenters. The van der Waals surface area contributed by atoms with Crippen molar-refractivity contribution in [1.29, 1.82) is 0 Å². The zero-order valence-corrected chi connectivity index (χ0v) is 5.72. The van der Waals surface area contributed by atoms with Crippen LogP contribution in [0.2, 0.25) is 0 Å². The summed E-state index contributed by atoms with van der Waals surface area (Å²) >= 11 is 0. The third-order valence-corrected chi connectivity index (χ3v) is 0.713. The Morgan fingerprint density at radius 1 is 1.50 bits per heavy atom. The lowest BCUT2D eigenvalue weighted by Crippen LogP contribution is -1.91. The molecule has 0 aliphatic rings. The molecule has 0 heterocycles. The van der Waals surface area contributed by atoms with Crippen LogP contribution in [0.4, 0.5) is 0 Å². The van der Waals surface area contributed by atoms with E-state index in [1.165, 1.54) is 6.61 Å². The first kappa shape index (κ1) is 7.91. The molecule has 49 valence electrons. The maximum Gasteiger partial charge on any atom is 0.257 e. The van der Waals surface area contributed by atoms with Gasteiger partial charge in [-0.05, 0) is 5.92 Å². The number of thiol groups is 1. The standard InChI is InChI=1S/C4H9O3S/c1-4(2)3-7-8(5)6/h3-4,8H,1-2H3. The number of hydrogen-bond acceptors (Lipinski definition) is 3. The minimum absolute atomic E-state index is 0.155. The maximum absolute atomic E-state index is 9.69. The van der Waals surface area contributed by atoms with Gasteiger partial charge in [-0.15, -0.1) is 0 Å². The summed E-state index contributed by atoms with van der Waals surface area (Å²) in [5.41, 5.74) is 0. The molecule has 0 amide bonds. The van der Waals surface area contributed by atoms with E-state index in [-0.39, 0.29) is 5.92 Å². The highest BCUT2D eigenvalue weighted by molar-refractivity contribution is 7.67. The van der Waals surface area contributed by atoms with Gasteiger partial charge in [0.15, 0.2) is 0 Å². The second kappa shape index (κ2) is 3.86. The van der Waals surface area contributed by atoms with E-state index in [2.05, 4.69) is 4.18 Å². The lowest BCUT2D eigenvalue weighted by Gasteiger charge is -1.95. The molecule has 0 aromatic rings. The second-order valence-electron chi connectivity index (χ2n) is 1.71. The Balaban J connectivity index is 3.18. The Bertz CT molecular complexity index is 108. The molecule has 0 rings (SSSR count). The van der Waals surface area contributed by atoms with Gasteiger partial charge in [0.05, 0.1) is 0 Å². The summed E-state index contributed by atoms with van der Waals surface area (Å²) in [4.78, 5) is 0. The number of hydrogen-bond donors (Lipinski definition) is 1. The Hall–Kier alpha value is -0.0900. The van der Waals surface area contributed by atoms with Crippen LogP contribution in [-0.2, 0) is 15.2 Å². The van der Waals surface area contributed by atoms with Gasteiger partial charge in [-0.2, -0.15) is 0 Å². The van der Waals surface area contributed by atoms with Crippen molar-refractivity contribution in [3.8, 4) is 0 Å². The summed E-state index contributed by atoms with van der Waals surface area (Å²) in [6.45, 7) is 4.93. The van der Waals surface area contributed by atoms with Crippen LogP contribution in [-0.4, -0.2) is 8.42 Å². The molecule has 0 aliphatic carbocycles. The highest BCUT2D eigenvalue weighted by Crippen LogP contribution is 1.97. The van der Waals surface area contributed by atoms with Crippen molar-refractivity contribution in [1.82, 2.24) is 0 Å². The Labute approximate surface area is 50.8 Å². The molecule has 0 saturated heterocycles. The third kappa shape index (κ3) is 5.91. The average Bonchev–Trinajstić information content (AvgIpc) is 1.61. The van der Waals surface area contributed by atoms with E-state index in [1.807, 2.05) is 13.8 Å². The third-order valence-electron chi connectivity index (χ3n) is 0.419. The Kier molecular flexibility index (Phi) is 3.81. The van der Waals surface area contributed by atoms with E-state index in [0.29, 0.717) is 0 Å². The quantitative estimate of drug-likeness (QED) is 0.571. The molecule has 0 bridgehead atoms. The SMILES string of the molecule is CC(C)[CH]O[SH](=O)=O. The van der Waals surface area contributed by atoms with Gasteiger partial charge >= 0.3 is 0 Å². The highest BCUT2D eigenvalue weighted by Gasteiger charge is 1.93. The Morgan fingerprint density at radius 3 is 2.12 bits per heavy atom. The summed E-state index contributed by atoms with van der Waals surface area (Å²) in [5, 5.41) is 0. The van der Waals surface area contributed by atoms with Crippen molar-refractivity contribution in [2.45, 2.75) is 13.8 Å². The van der Waals surface area contributed by atoms with E-state index in [4.69, 9.17) is 0 Å². The zero-order chi connectivity index (χ0) is 6.57. The molecule has 0 aromatic heterocycles. The molecule has 0 spiro atoms. The number of rotatable bonds is 3. The van der Waals surface area contributed by atoms with Gasteiger partial charge in [-0.3, -0.25) is 4.18 Å². The topological polar surface area (TPSA) is 43.4 Å². The molecule has 1 radical (unpaired) electrons. The normalized spacial score (nSPS) is 11.0. The smallest absolute Gasteiger partial charge is 0.257 e. The van der Waals surface area contributed by atoms with Crippen LogP contribution in [0.25, 0.3) is 0 Å². The van der Waals surface area contributed by atoms with Gasteiger partial charge < -0.3 is 0 Å². The minimum atomic E-state index is -2.69. The highest BCUT2D eigenvalue weighted by atomic mass is 32.2. The van der Waals surface area contributed by atoms with Crippen LogP contribution in [0.3, 0.4) is 0 Å². The van der Waals surface area contributed by atoms with Crippen LogP contribution in [0, 0.1) is 12.5 Å². The molecule has 0 unspecified atom stereocenters. The molecule has 0 saturated carbocycles. The van der Waals surface area contributed by atoms with Crippen molar-refractivity contribution in [3.05, 3.63) is 6.61 Å². The lowest BCUT2D eigenvalue weighted by atomic mass is 10.2. The first-order chi connectivity index (χ1) is 3.63. The molecule has 4 heteroatoms. The first-order valence-corrected chi connectivity index (χ1v) is 3.37. The summed E-state index contributed by atoms with van der Waals surface area (Å²) in [5.74, 6) is 0.155. The molecule has 0 aromatic carbocycles.